The molecule has 1 saturated heterocycles. The highest BCUT2D eigenvalue weighted by atomic mass is 16.5. The van der Waals surface area contributed by atoms with Crippen molar-refractivity contribution in [2.45, 2.75) is 83.8 Å². The van der Waals surface area contributed by atoms with Crippen molar-refractivity contribution in [3.63, 3.8) is 0 Å². The van der Waals surface area contributed by atoms with Crippen LogP contribution in [0, 0.1) is 12.8 Å². The lowest BCUT2D eigenvalue weighted by atomic mass is 9.84. The highest BCUT2D eigenvalue weighted by Crippen LogP contribution is 2.32. The number of oxazole rings is 1. The molecule has 0 bridgehead atoms. The third kappa shape index (κ3) is 9.74. The van der Waals surface area contributed by atoms with Crippen LogP contribution in [0.3, 0.4) is 0 Å². The SMILES string of the molecule is Cc1oc([C@H](CCCC2CCCCC2)CC(N)=O)nc1CN1CCOCC1.OCc1ccccc1. The van der Waals surface area contributed by atoms with Gasteiger partial charge in [0.1, 0.15) is 5.76 Å². The van der Waals surface area contributed by atoms with E-state index in [0.717, 1.165) is 68.6 Å². The van der Waals surface area contributed by atoms with E-state index in [-0.39, 0.29) is 18.4 Å². The molecule has 0 unspecified atom stereocenters. The van der Waals surface area contributed by atoms with Crippen LogP contribution in [0.15, 0.2) is 34.7 Å². The second-order valence-corrected chi connectivity index (χ2v) is 9.89. The average Bonchev–Trinajstić information content (AvgIpc) is 3.25. The van der Waals surface area contributed by atoms with Crippen molar-refractivity contribution < 1.29 is 19.1 Å². The van der Waals surface area contributed by atoms with Crippen LogP contribution in [0.4, 0.5) is 0 Å². The van der Waals surface area contributed by atoms with Gasteiger partial charge in [-0.2, -0.15) is 0 Å². The van der Waals surface area contributed by atoms with E-state index in [1.165, 1.54) is 38.5 Å². The van der Waals surface area contributed by atoms with Crippen molar-refractivity contribution in [1.82, 2.24) is 9.88 Å². The van der Waals surface area contributed by atoms with Crippen LogP contribution in [-0.4, -0.2) is 47.2 Å². The summed E-state index contributed by atoms with van der Waals surface area (Å²) in [7, 11) is 0. The number of hydrogen-bond acceptors (Lipinski definition) is 6. The van der Waals surface area contributed by atoms with Crippen LogP contribution < -0.4 is 5.73 Å². The Balaban J connectivity index is 0.000000363. The number of ether oxygens (including phenoxy) is 1. The Morgan fingerprint density at radius 1 is 1.17 bits per heavy atom. The first kappa shape index (κ1) is 27.4. The minimum absolute atomic E-state index is 0.00299. The number of nitrogens with two attached hydrogens (primary N) is 1. The molecule has 0 radical (unpaired) electrons. The third-order valence-corrected chi connectivity index (χ3v) is 7.10. The molecule has 1 aliphatic heterocycles. The van der Waals surface area contributed by atoms with Gasteiger partial charge < -0.3 is 20.0 Å². The summed E-state index contributed by atoms with van der Waals surface area (Å²) >= 11 is 0. The maximum atomic E-state index is 11.6. The molecule has 1 atom stereocenters. The van der Waals surface area contributed by atoms with Gasteiger partial charge in [0.25, 0.3) is 0 Å². The van der Waals surface area contributed by atoms with Gasteiger partial charge in [-0.1, -0.05) is 75.3 Å². The van der Waals surface area contributed by atoms with Crippen LogP contribution in [0.5, 0.6) is 0 Å². The van der Waals surface area contributed by atoms with E-state index in [1.54, 1.807) is 0 Å². The highest BCUT2D eigenvalue weighted by Gasteiger charge is 2.24. The van der Waals surface area contributed by atoms with Gasteiger partial charge in [-0.25, -0.2) is 4.98 Å². The zero-order chi connectivity index (χ0) is 24.9. The van der Waals surface area contributed by atoms with Gasteiger partial charge in [0.15, 0.2) is 5.89 Å². The molecule has 1 aliphatic carbocycles. The quantitative estimate of drug-likeness (QED) is 0.506. The maximum Gasteiger partial charge on any atom is 0.218 e. The topological polar surface area (TPSA) is 102 Å². The van der Waals surface area contributed by atoms with Gasteiger partial charge in [0.05, 0.1) is 25.5 Å². The van der Waals surface area contributed by atoms with Gasteiger partial charge in [-0.15, -0.1) is 0 Å². The van der Waals surface area contributed by atoms with Crippen LogP contribution >= 0.6 is 0 Å². The Morgan fingerprint density at radius 2 is 1.89 bits per heavy atom. The predicted molar refractivity (Wildman–Crippen MR) is 137 cm³/mol. The van der Waals surface area contributed by atoms with E-state index >= 15 is 0 Å². The van der Waals surface area contributed by atoms with E-state index in [1.807, 2.05) is 37.3 Å². The van der Waals surface area contributed by atoms with Gasteiger partial charge in [0.2, 0.25) is 5.91 Å². The molecule has 4 rings (SSSR count). The van der Waals surface area contributed by atoms with Crippen LogP contribution in [0.2, 0.25) is 0 Å². The molecule has 3 N–H and O–H groups in total. The standard InChI is InChI=1S/C21H35N3O3.C7H8O/c1-16-19(15-24-10-12-26-13-11-24)23-21(27-16)18(14-20(22)25)9-5-8-17-6-3-2-4-7-17;8-6-7-4-2-1-3-5-7/h17-18H,2-15H2,1H3,(H2,22,25);1-5,8H,6H2/t18-;/m1./s1. The summed E-state index contributed by atoms with van der Waals surface area (Å²) in [5.74, 6) is 2.14. The number of nitrogens with zero attached hydrogens (tertiary/aromatic N) is 2. The zero-order valence-corrected chi connectivity index (χ0v) is 21.3. The Hall–Kier alpha value is -2.22. The van der Waals surface area contributed by atoms with Gasteiger partial charge in [-0.05, 0) is 24.8 Å². The number of benzene rings is 1. The maximum absolute atomic E-state index is 11.6. The largest absolute Gasteiger partial charge is 0.445 e. The summed E-state index contributed by atoms with van der Waals surface area (Å²) in [5.41, 5.74) is 7.45. The smallest absolute Gasteiger partial charge is 0.218 e. The van der Waals surface area contributed by atoms with Crippen molar-refractivity contribution in [3.8, 4) is 0 Å². The number of hydrogen-bond donors (Lipinski definition) is 2. The number of aliphatic hydroxyl groups is 1. The molecule has 1 aromatic heterocycles. The summed E-state index contributed by atoms with van der Waals surface area (Å²) in [6.07, 6.45) is 10.5. The van der Waals surface area contributed by atoms with E-state index < -0.39 is 0 Å². The summed E-state index contributed by atoms with van der Waals surface area (Å²) in [6, 6.07) is 9.52. The van der Waals surface area contributed by atoms with Crippen molar-refractivity contribution >= 4 is 5.91 Å². The second-order valence-electron chi connectivity index (χ2n) is 9.89. The summed E-state index contributed by atoms with van der Waals surface area (Å²) in [6.45, 7) is 6.28. The van der Waals surface area contributed by atoms with Crippen molar-refractivity contribution in [2.75, 3.05) is 26.3 Å². The molecule has 2 heterocycles. The summed E-state index contributed by atoms with van der Waals surface area (Å²) < 4.78 is 11.4. The van der Waals surface area contributed by atoms with Crippen LogP contribution in [-0.2, 0) is 22.7 Å². The molecule has 7 nitrogen and oxygen atoms in total. The monoisotopic (exact) mass is 485 g/mol. The number of aliphatic hydroxyl groups excluding tert-OH is 1. The molecule has 1 saturated carbocycles. The zero-order valence-electron chi connectivity index (χ0n) is 21.3. The molecule has 2 aliphatic rings. The molecule has 1 aromatic carbocycles. The lowest BCUT2D eigenvalue weighted by molar-refractivity contribution is -0.118. The molecular weight excluding hydrogens is 442 g/mol. The molecule has 2 aromatic rings. The Kier molecular flexibility index (Phi) is 11.7. The van der Waals surface area contributed by atoms with Gasteiger partial charge in [0, 0.05) is 32.0 Å². The number of morpholine rings is 1. The van der Waals surface area contributed by atoms with E-state index in [0.29, 0.717) is 12.3 Å². The molecule has 7 heteroatoms. The number of aryl methyl sites for hydroxylation is 1. The fraction of sp³-hybridized carbons (Fsp3) is 0.643. The van der Waals surface area contributed by atoms with Crippen LogP contribution in [0.25, 0.3) is 0 Å². The first-order chi connectivity index (χ1) is 17.0. The number of aromatic nitrogens is 1. The average molecular weight is 486 g/mol. The third-order valence-electron chi connectivity index (χ3n) is 7.10. The predicted octanol–water partition coefficient (Wildman–Crippen LogP) is 4.70. The van der Waals surface area contributed by atoms with Crippen LogP contribution in [0.1, 0.15) is 86.6 Å². The Bertz CT molecular complexity index is 858. The molecule has 0 spiro atoms. The Labute approximate surface area is 210 Å². The van der Waals surface area contributed by atoms with Crippen molar-refractivity contribution in [3.05, 3.63) is 53.2 Å². The van der Waals surface area contributed by atoms with Gasteiger partial charge in [-0.3, -0.25) is 9.69 Å². The normalized spacial score (nSPS) is 18.0. The van der Waals surface area contributed by atoms with Crippen molar-refractivity contribution in [2.24, 2.45) is 11.7 Å². The van der Waals surface area contributed by atoms with E-state index in [9.17, 15) is 4.79 Å². The number of primary amides is 1. The van der Waals surface area contributed by atoms with Crippen molar-refractivity contribution in [1.29, 1.82) is 0 Å². The summed E-state index contributed by atoms with van der Waals surface area (Å²) in [5, 5.41) is 8.54. The lowest BCUT2D eigenvalue weighted by Gasteiger charge is -2.25. The molecule has 2 fully saturated rings. The molecule has 1 amide bonds. The highest BCUT2D eigenvalue weighted by molar-refractivity contribution is 5.74. The number of amides is 1. The molecular formula is C28H43N3O4. The first-order valence-electron chi connectivity index (χ1n) is 13.2. The number of rotatable bonds is 10. The fourth-order valence-corrected chi connectivity index (χ4v) is 5.01. The minimum Gasteiger partial charge on any atom is -0.445 e. The summed E-state index contributed by atoms with van der Waals surface area (Å²) in [4.78, 5) is 18.7. The van der Waals surface area contributed by atoms with E-state index in [4.69, 9.17) is 25.0 Å². The second kappa shape index (κ2) is 15.0. The fourth-order valence-electron chi connectivity index (χ4n) is 5.01. The Morgan fingerprint density at radius 3 is 2.51 bits per heavy atom. The molecule has 194 valence electrons. The number of carbonyl (C=O) groups excluding carboxylic acids is 1. The lowest BCUT2D eigenvalue weighted by Crippen LogP contribution is -2.35. The minimum atomic E-state index is -0.275. The van der Waals surface area contributed by atoms with Gasteiger partial charge >= 0.3 is 0 Å². The molecule has 35 heavy (non-hydrogen) atoms. The first-order valence-corrected chi connectivity index (χ1v) is 13.2. The number of carbonyl (C=O) groups is 1. The van der Waals surface area contributed by atoms with E-state index in [2.05, 4.69) is 4.90 Å².